The minimum Gasteiger partial charge on any atom is -0.453 e. The van der Waals surface area contributed by atoms with Gasteiger partial charge in [-0.1, -0.05) is 18.2 Å². The average molecular weight is 371 g/mol. The van der Waals surface area contributed by atoms with E-state index in [0.717, 1.165) is 4.90 Å². The van der Waals surface area contributed by atoms with Crippen molar-refractivity contribution in [3.63, 3.8) is 0 Å². The molecule has 0 bridgehead atoms. The van der Waals surface area contributed by atoms with Crippen LogP contribution in [0.3, 0.4) is 0 Å². The Labute approximate surface area is 153 Å². The summed E-state index contributed by atoms with van der Waals surface area (Å²) in [5, 5.41) is 2.61. The molecule has 0 saturated heterocycles. The van der Waals surface area contributed by atoms with Crippen molar-refractivity contribution in [3.05, 3.63) is 43.0 Å². The van der Waals surface area contributed by atoms with Crippen molar-refractivity contribution in [1.82, 2.24) is 19.9 Å². The second kappa shape index (κ2) is 8.43. The maximum atomic E-state index is 12.2. The summed E-state index contributed by atoms with van der Waals surface area (Å²) in [6, 6.07) is 9.77. The van der Waals surface area contributed by atoms with Gasteiger partial charge in [-0.3, -0.25) is 9.59 Å². The Balaban J connectivity index is 1.47. The number of fused-ring (bicyclic) bond motifs is 1. The smallest absolute Gasteiger partial charge is 0.307 e. The fourth-order valence-corrected chi connectivity index (χ4v) is 3.01. The SMILES string of the molecule is CC(OC(=O)CCSc1ccccc1)C(=O)Nc1ncnc2nc[nH]c12. The van der Waals surface area contributed by atoms with Crippen LogP contribution in [0.5, 0.6) is 0 Å². The van der Waals surface area contributed by atoms with E-state index in [2.05, 4.69) is 25.3 Å². The van der Waals surface area contributed by atoms with Gasteiger partial charge in [-0.25, -0.2) is 15.0 Å². The number of aromatic amines is 1. The average Bonchev–Trinajstić information content (AvgIpc) is 3.12. The number of imidazole rings is 1. The number of rotatable bonds is 7. The van der Waals surface area contributed by atoms with Crippen LogP contribution < -0.4 is 5.32 Å². The number of hydrogen-bond acceptors (Lipinski definition) is 7. The number of anilines is 1. The van der Waals surface area contributed by atoms with Gasteiger partial charge in [-0.05, 0) is 19.1 Å². The molecular formula is C17H17N5O3S. The number of amides is 1. The second-order valence-corrected chi connectivity index (χ2v) is 6.52. The predicted octanol–water partition coefficient (Wildman–Crippen LogP) is 2.41. The summed E-state index contributed by atoms with van der Waals surface area (Å²) >= 11 is 1.56. The van der Waals surface area contributed by atoms with Crippen LogP contribution in [-0.2, 0) is 14.3 Å². The number of H-pyrrole nitrogens is 1. The molecule has 2 heterocycles. The number of aromatic nitrogens is 4. The lowest BCUT2D eigenvalue weighted by Gasteiger charge is -2.13. The molecule has 1 unspecified atom stereocenters. The quantitative estimate of drug-likeness (QED) is 0.485. The molecular weight excluding hydrogens is 354 g/mol. The van der Waals surface area contributed by atoms with E-state index in [9.17, 15) is 9.59 Å². The third kappa shape index (κ3) is 4.57. The van der Waals surface area contributed by atoms with Crippen LogP contribution in [0.15, 0.2) is 47.9 Å². The van der Waals surface area contributed by atoms with Gasteiger partial charge in [-0.15, -0.1) is 11.8 Å². The van der Waals surface area contributed by atoms with Crippen LogP contribution in [0.25, 0.3) is 11.2 Å². The molecule has 1 aromatic carbocycles. The fourth-order valence-electron chi connectivity index (χ4n) is 2.16. The van der Waals surface area contributed by atoms with Crippen molar-refractivity contribution in [3.8, 4) is 0 Å². The molecule has 0 fully saturated rings. The van der Waals surface area contributed by atoms with Gasteiger partial charge in [-0.2, -0.15) is 0 Å². The largest absolute Gasteiger partial charge is 0.453 e. The van der Waals surface area contributed by atoms with Gasteiger partial charge in [0.2, 0.25) is 0 Å². The van der Waals surface area contributed by atoms with Gasteiger partial charge >= 0.3 is 5.97 Å². The van der Waals surface area contributed by atoms with E-state index in [1.165, 1.54) is 19.6 Å². The molecule has 8 nitrogen and oxygen atoms in total. The first kappa shape index (κ1) is 17.9. The topological polar surface area (TPSA) is 110 Å². The number of ether oxygens (including phenoxy) is 1. The van der Waals surface area contributed by atoms with E-state index in [0.29, 0.717) is 22.7 Å². The molecule has 0 spiro atoms. The number of nitrogens with one attached hydrogen (secondary N) is 2. The van der Waals surface area contributed by atoms with E-state index >= 15 is 0 Å². The van der Waals surface area contributed by atoms with E-state index in [4.69, 9.17) is 4.74 Å². The summed E-state index contributed by atoms with van der Waals surface area (Å²) < 4.78 is 5.18. The van der Waals surface area contributed by atoms with Gasteiger partial charge in [0.05, 0.1) is 12.7 Å². The highest BCUT2D eigenvalue weighted by Gasteiger charge is 2.19. The zero-order valence-corrected chi connectivity index (χ0v) is 14.8. The number of benzene rings is 1. The maximum Gasteiger partial charge on any atom is 0.307 e. The Bertz CT molecular complexity index is 900. The van der Waals surface area contributed by atoms with Crippen LogP contribution in [0.4, 0.5) is 5.82 Å². The third-order valence-corrected chi connectivity index (χ3v) is 4.47. The Morgan fingerprint density at radius 2 is 2.04 bits per heavy atom. The molecule has 26 heavy (non-hydrogen) atoms. The Kier molecular flexibility index (Phi) is 5.80. The summed E-state index contributed by atoms with van der Waals surface area (Å²) in [7, 11) is 0. The second-order valence-electron chi connectivity index (χ2n) is 5.36. The van der Waals surface area contributed by atoms with Gasteiger partial charge in [0, 0.05) is 10.6 Å². The van der Waals surface area contributed by atoms with Crippen LogP contribution in [0.1, 0.15) is 13.3 Å². The molecule has 1 atom stereocenters. The molecule has 2 aromatic heterocycles. The van der Waals surface area contributed by atoms with E-state index < -0.39 is 18.0 Å². The van der Waals surface area contributed by atoms with Crippen molar-refractivity contribution in [2.45, 2.75) is 24.3 Å². The van der Waals surface area contributed by atoms with Crippen LogP contribution in [0, 0.1) is 0 Å². The van der Waals surface area contributed by atoms with Gasteiger partial charge in [0.25, 0.3) is 5.91 Å². The summed E-state index contributed by atoms with van der Waals surface area (Å²) in [5.41, 5.74) is 0.955. The normalized spacial score (nSPS) is 11.9. The van der Waals surface area contributed by atoms with Crippen LogP contribution in [0.2, 0.25) is 0 Å². The van der Waals surface area contributed by atoms with Gasteiger partial charge in [0.1, 0.15) is 11.8 Å². The molecule has 1 amide bonds. The number of hydrogen-bond donors (Lipinski definition) is 2. The van der Waals surface area contributed by atoms with Crippen molar-refractivity contribution in [1.29, 1.82) is 0 Å². The van der Waals surface area contributed by atoms with E-state index in [1.54, 1.807) is 11.8 Å². The van der Waals surface area contributed by atoms with Crippen molar-refractivity contribution in [2.75, 3.05) is 11.1 Å². The number of nitrogens with zero attached hydrogens (tertiary/aromatic N) is 3. The zero-order chi connectivity index (χ0) is 18.4. The predicted molar refractivity (Wildman–Crippen MR) is 97.7 cm³/mol. The standard InChI is InChI=1S/C17H17N5O3S/c1-11(25-13(23)7-8-26-12-5-3-2-4-6-12)17(24)22-16-14-15(19-9-18-14)20-10-21-16/h2-6,9-11H,7-8H2,1H3,(H2,18,19,20,21,22,24). The van der Waals surface area contributed by atoms with Crippen molar-refractivity contribution in [2.24, 2.45) is 0 Å². The highest BCUT2D eigenvalue weighted by Crippen LogP contribution is 2.18. The van der Waals surface area contributed by atoms with Gasteiger partial charge in [0.15, 0.2) is 17.6 Å². The van der Waals surface area contributed by atoms with Crippen molar-refractivity contribution < 1.29 is 14.3 Å². The number of thioether (sulfide) groups is 1. The molecule has 134 valence electrons. The lowest BCUT2D eigenvalue weighted by atomic mass is 10.3. The Morgan fingerprint density at radius 1 is 1.23 bits per heavy atom. The third-order valence-electron chi connectivity index (χ3n) is 3.46. The van der Waals surface area contributed by atoms with Crippen molar-refractivity contribution >= 4 is 40.6 Å². The minimum absolute atomic E-state index is 0.218. The fraction of sp³-hybridized carbons (Fsp3) is 0.235. The Morgan fingerprint density at radius 3 is 2.85 bits per heavy atom. The number of esters is 1. The van der Waals surface area contributed by atoms with Crippen LogP contribution in [-0.4, -0.2) is 43.7 Å². The maximum absolute atomic E-state index is 12.2. The lowest BCUT2D eigenvalue weighted by molar-refractivity contribution is -0.152. The Hall–Kier alpha value is -2.94. The molecule has 3 aromatic rings. The first-order valence-corrected chi connectivity index (χ1v) is 8.94. The summed E-state index contributed by atoms with van der Waals surface area (Å²) in [4.78, 5) is 40.0. The summed E-state index contributed by atoms with van der Waals surface area (Å²) in [6.07, 6.45) is 2.05. The lowest BCUT2D eigenvalue weighted by Crippen LogP contribution is -2.30. The summed E-state index contributed by atoms with van der Waals surface area (Å²) in [5.74, 6) is -0.0214. The first-order chi connectivity index (χ1) is 12.6. The van der Waals surface area contributed by atoms with E-state index in [1.807, 2.05) is 30.3 Å². The molecule has 9 heteroatoms. The molecule has 0 aliphatic heterocycles. The molecule has 0 aliphatic rings. The van der Waals surface area contributed by atoms with Gasteiger partial charge < -0.3 is 15.0 Å². The summed E-state index contributed by atoms with van der Waals surface area (Å²) in [6.45, 7) is 1.52. The first-order valence-electron chi connectivity index (χ1n) is 7.96. The van der Waals surface area contributed by atoms with Crippen LogP contribution >= 0.6 is 11.8 Å². The zero-order valence-electron chi connectivity index (χ0n) is 14.0. The minimum atomic E-state index is -0.933. The molecule has 0 radical (unpaired) electrons. The highest BCUT2D eigenvalue weighted by atomic mass is 32.2. The molecule has 3 rings (SSSR count). The van der Waals surface area contributed by atoms with E-state index in [-0.39, 0.29) is 6.42 Å². The molecule has 2 N–H and O–H groups in total. The monoisotopic (exact) mass is 371 g/mol. The number of carbonyl (C=O) groups is 2. The molecule has 0 saturated carbocycles. The highest BCUT2D eigenvalue weighted by molar-refractivity contribution is 7.99. The molecule has 0 aliphatic carbocycles. The number of carbonyl (C=O) groups excluding carboxylic acids is 2.